The van der Waals surface area contributed by atoms with Crippen LogP contribution >= 0.6 is 0 Å². The summed E-state index contributed by atoms with van der Waals surface area (Å²) in [5, 5.41) is 0. The first kappa shape index (κ1) is 15.7. The summed E-state index contributed by atoms with van der Waals surface area (Å²) in [6.07, 6.45) is 14.9. The molecule has 0 aromatic rings. The quantitative estimate of drug-likeness (QED) is 0.476. The molecule has 5 aliphatic carbocycles. The van der Waals surface area contributed by atoms with Gasteiger partial charge < -0.3 is 4.74 Å². The van der Waals surface area contributed by atoms with E-state index in [0.29, 0.717) is 35.4 Å². The van der Waals surface area contributed by atoms with Crippen molar-refractivity contribution in [2.75, 3.05) is 0 Å². The topological polar surface area (TPSA) is 43.4 Å². The lowest BCUT2D eigenvalue weighted by molar-refractivity contribution is -0.145. The van der Waals surface area contributed by atoms with E-state index in [4.69, 9.17) is 4.74 Å². The van der Waals surface area contributed by atoms with Gasteiger partial charge in [-0.05, 0) is 85.2 Å². The fraction of sp³-hybridized carbons (Fsp3) is 0.739. The average molecular weight is 352 g/mol. The van der Waals surface area contributed by atoms with E-state index in [1.165, 1.54) is 36.8 Å². The van der Waals surface area contributed by atoms with Crippen LogP contribution in [-0.4, -0.2) is 17.4 Å². The molecule has 0 aromatic heterocycles. The zero-order valence-corrected chi connectivity index (χ0v) is 15.7. The number of ketones is 1. The third-order valence-electron chi connectivity index (χ3n) is 9.13. The van der Waals surface area contributed by atoms with Gasteiger partial charge in [-0.3, -0.25) is 9.59 Å². The lowest BCUT2D eigenvalue weighted by atomic mass is 9.48. The first-order chi connectivity index (χ1) is 12.5. The molecule has 6 rings (SSSR count). The standard InChI is InChI=1S/C23H28O3/c1-21-7-4-14(24)12-19(21)22(10-11-22)13-16-15-5-8-23(9-6-20(25)26-23)18(15)3-2-17(16)21/h3,12,15-17H,2,4-11,13H2,1H3/t15?,16?,17?,21?,23-/m1/s1. The second-order valence-electron chi connectivity index (χ2n) is 10.2. The number of allylic oxidation sites excluding steroid dienone is 3. The van der Waals surface area contributed by atoms with Gasteiger partial charge in [-0.2, -0.15) is 0 Å². The molecule has 1 heterocycles. The first-order valence-corrected chi connectivity index (χ1v) is 10.6. The van der Waals surface area contributed by atoms with Gasteiger partial charge in [-0.1, -0.05) is 18.6 Å². The Balaban J connectivity index is 1.42. The molecule has 0 aromatic carbocycles. The molecule has 0 amide bonds. The van der Waals surface area contributed by atoms with E-state index in [1.807, 2.05) is 0 Å². The summed E-state index contributed by atoms with van der Waals surface area (Å²) in [7, 11) is 0. The van der Waals surface area contributed by atoms with E-state index in [-0.39, 0.29) is 17.0 Å². The van der Waals surface area contributed by atoms with Crippen LogP contribution in [0.5, 0.6) is 0 Å². The summed E-state index contributed by atoms with van der Waals surface area (Å²) >= 11 is 0. The highest BCUT2D eigenvalue weighted by molar-refractivity contribution is 5.92. The average Bonchev–Trinajstić information content (AvgIpc) is 3.14. The molecule has 0 radical (unpaired) electrons. The molecular formula is C23H28O3. The first-order valence-electron chi connectivity index (χ1n) is 10.6. The Kier molecular flexibility index (Phi) is 2.84. The van der Waals surface area contributed by atoms with Crippen LogP contribution in [-0.2, 0) is 14.3 Å². The van der Waals surface area contributed by atoms with Gasteiger partial charge in [-0.25, -0.2) is 0 Å². The minimum atomic E-state index is -0.247. The predicted molar refractivity (Wildman–Crippen MR) is 97.2 cm³/mol. The second-order valence-corrected chi connectivity index (χ2v) is 10.2. The van der Waals surface area contributed by atoms with E-state index in [9.17, 15) is 9.59 Å². The molecule has 0 N–H and O–H groups in total. The SMILES string of the molecule is CC12CCC(=O)C=C1C1(CC1)CC1C3CC[C@@]4(CCC(=O)O4)C3=CCC12. The summed E-state index contributed by atoms with van der Waals surface area (Å²) in [4.78, 5) is 24.0. The Morgan fingerprint density at radius 1 is 1.08 bits per heavy atom. The summed E-state index contributed by atoms with van der Waals surface area (Å²) in [6, 6.07) is 0. The van der Waals surface area contributed by atoms with Crippen molar-refractivity contribution < 1.29 is 14.3 Å². The van der Waals surface area contributed by atoms with Crippen LogP contribution in [0.4, 0.5) is 0 Å². The Morgan fingerprint density at radius 2 is 1.92 bits per heavy atom. The third-order valence-corrected chi connectivity index (χ3v) is 9.13. The van der Waals surface area contributed by atoms with Crippen LogP contribution in [0.2, 0.25) is 0 Å². The minimum absolute atomic E-state index is 0.000967. The molecule has 6 aliphatic rings. The van der Waals surface area contributed by atoms with Crippen molar-refractivity contribution in [3.8, 4) is 0 Å². The van der Waals surface area contributed by atoms with Crippen molar-refractivity contribution >= 4 is 11.8 Å². The van der Waals surface area contributed by atoms with Gasteiger partial charge in [0.25, 0.3) is 0 Å². The van der Waals surface area contributed by atoms with Crippen molar-refractivity contribution in [2.45, 2.75) is 76.7 Å². The van der Waals surface area contributed by atoms with Crippen LogP contribution < -0.4 is 0 Å². The van der Waals surface area contributed by atoms with Crippen molar-refractivity contribution in [3.05, 3.63) is 23.3 Å². The number of carbonyl (C=O) groups excluding carboxylic acids is 2. The molecule has 4 fully saturated rings. The van der Waals surface area contributed by atoms with Gasteiger partial charge in [0.15, 0.2) is 5.78 Å². The van der Waals surface area contributed by atoms with Crippen LogP contribution in [0.15, 0.2) is 23.3 Å². The van der Waals surface area contributed by atoms with E-state index in [0.717, 1.165) is 32.1 Å². The van der Waals surface area contributed by atoms with Gasteiger partial charge in [0, 0.05) is 19.3 Å². The maximum atomic E-state index is 12.2. The molecule has 3 saturated carbocycles. The smallest absolute Gasteiger partial charge is 0.306 e. The Morgan fingerprint density at radius 3 is 2.65 bits per heavy atom. The summed E-state index contributed by atoms with van der Waals surface area (Å²) in [5.74, 6) is 2.33. The number of hydrogen-bond donors (Lipinski definition) is 0. The molecular weight excluding hydrogens is 324 g/mol. The van der Waals surface area contributed by atoms with Gasteiger partial charge in [0.1, 0.15) is 5.60 Å². The van der Waals surface area contributed by atoms with Crippen molar-refractivity contribution in [1.29, 1.82) is 0 Å². The highest BCUT2D eigenvalue weighted by Gasteiger charge is 2.65. The van der Waals surface area contributed by atoms with Crippen LogP contribution in [0.25, 0.3) is 0 Å². The molecule has 0 bridgehead atoms. The maximum Gasteiger partial charge on any atom is 0.306 e. The fourth-order valence-corrected chi connectivity index (χ4v) is 7.78. The van der Waals surface area contributed by atoms with Crippen LogP contribution in [0.3, 0.4) is 0 Å². The van der Waals surface area contributed by atoms with Crippen molar-refractivity contribution in [1.82, 2.24) is 0 Å². The Hall–Kier alpha value is -1.38. The predicted octanol–water partition coefficient (Wildman–Crippen LogP) is 4.51. The van der Waals surface area contributed by atoms with Gasteiger partial charge in [-0.15, -0.1) is 0 Å². The molecule has 2 spiro atoms. The van der Waals surface area contributed by atoms with Crippen LogP contribution in [0.1, 0.15) is 71.1 Å². The Bertz CT molecular complexity index is 785. The van der Waals surface area contributed by atoms with E-state index in [2.05, 4.69) is 19.1 Å². The number of carbonyl (C=O) groups is 2. The molecule has 3 heteroatoms. The number of fused-ring (bicyclic) bond motifs is 7. The monoisotopic (exact) mass is 352 g/mol. The lowest BCUT2D eigenvalue weighted by Gasteiger charge is -2.56. The zero-order valence-electron chi connectivity index (χ0n) is 15.7. The molecule has 4 unspecified atom stereocenters. The molecule has 26 heavy (non-hydrogen) atoms. The van der Waals surface area contributed by atoms with Crippen LogP contribution in [0, 0.1) is 28.6 Å². The second kappa shape index (κ2) is 4.72. The summed E-state index contributed by atoms with van der Waals surface area (Å²) < 4.78 is 5.91. The molecule has 5 atom stereocenters. The fourth-order valence-electron chi connectivity index (χ4n) is 7.78. The number of esters is 1. The van der Waals surface area contributed by atoms with Crippen molar-refractivity contribution in [3.63, 3.8) is 0 Å². The van der Waals surface area contributed by atoms with Gasteiger partial charge >= 0.3 is 5.97 Å². The lowest BCUT2D eigenvalue weighted by Crippen LogP contribution is -2.49. The summed E-state index contributed by atoms with van der Waals surface area (Å²) in [6.45, 7) is 2.46. The summed E-state index contributed by atoms with van der Waals surface area (Å²) in [5.41, 5.74) is 3.28. The van der Waals surface area contributed by atoms with Gasteiger partial charge in [0.2, 0.25) is 0 Å². The highest BCUT2D eigenvalue weighted by Crippen LogP contribution is 2.73. The molecule has 1 saturated heterocycles. The highest BCUT2D eigenvalue weighted by atomic mass is 16.6. The minimum Gasteiger partial charge on any atom is -0.454 e. The molecule has 3 nitrogen and oxygen atoms in total. The van der Waals surface area contributed by atoms with Crippen molar-refractivity contribution in [2.24, 2.45) is 28.6 Å². The van der Waals surface area contributed by atoms with E-state index in [1.54, 1.807) is 0 Å². The van der Waals surface area contributed by atoms with Gasteiger partial charge in [0.05, 0.1) is 0 Å². The third kappa shape index (κ3) is 1.80. The zero-order chi connectivity index (χ0) is 17.7. The molecule has 138 valence electrons. The van der Waals surface area contributed by atoms with E-state index >= 15 is 0 Å². The Labute approximate surface area is 155 Å². The number of hydrogen-bond acceptors (Lipinski definition) is 3. The number of ether oxygens (including phenoxy) is 1. The largest absolute Gasteiger partial charge is 0.454 e. The normalized spacial score (nSPS) is 47.8. The maximum absolute atomic E-state index is 12.2. The number of rotatable bonds is 0. The molecule has 1 aliphatic heterocycles. The van der Waals surface area contributed by atoms with E-state index < -0.39 is 0 Å².